The van der Waals surface area contributed by atoms with Crippen LogP contribution in [-0.2, 0) is 20.7 Å². The van der Waals surface area contributed by atoms with E-state index in [4.69, 9.17) is 14.7 Å². The number of hydrogen-bond donors (Lipinski definition) is 1. The molecule has 8 nitrogen and oxygen atoms in total. The normalized spacial score (nSPS) is 11.5. The smallest absolute Gasteiger partial charge is 0.305 e. The Labute approximate surface area is 164 Å². The fraction of sp³-hybridized carbons (Fsp3) is 0.400. The van der Waals surface area contributed by atoms with E-state index in [0.717, 1.165) is 22.6 Å². The van der Waals surface area contributed by atoms with Gasteiger partial charge in [-0.2, -0.15) is 10.4 Å². The Morgan fingerprint density at radius 2 is 1.93 bits per heavy atom. The van der Waals surface area contributed by atoms with Gasteiger partial charge in [0.15, 0.2) is 0 Å². The number of nitrogens with zero attached hydrogens (tertiary/aromatic N) is 3. The lowest BCUT2D eigenvalue weighted by atomic mass is 10.1. The molecule has 0 aliphatic heterocycles. The molecule has 0 fully saturated rings. The van der Waals surface area contributed by atoms with Crippen LogP contribution in [0.5, 0.6) is 0 Å². The summed E-state index contributed by atoms with van der Waals surface area (Å²) in [5, 5.41) is 16.2. The fourth-order valence-corrected chi connectivity index (χ4v) is 2.89. The molecule has 0 aliphatic carbocycles. The third-order valence-electron chi connectivity index (χ3n) is 4.42. The van der Waals surface area contributed by atoms with Crippen LogP contribution in [0, 0.1) is 25.2 Å². The summed E-state index contributed by atoms with van der Waals surface area (Å²) in [6.45, 7) is 3.96. The van der Waals surface area contributed by atoms with Gasteiger partial charge < -0.3 is 14.8 Å². The Kier molecular flexibility index (Phi) is 7.29. The van der Waals surface area contributed by atoms with Gasteiger partial charge >= 0.3 is 5.97 Å². The molecule has 28 heavy (non-hydrogen) atoms. The van der Waals surface area contributed by atoms with E-state index in [-0.39, 0.29) is 18.5 Å². The predicted molar refractivity (Wildman–Crippen MR) is 102 cm³/mol. The number of carbonyl (C=O) groups is 2. The molecule has 2 rings (SSSR count). The number of ether oxygens (including phenoxy) is 2. The van der Waals surface area contributed by atoms with Gasteiger partial charge in [-0.15, -0.1) is 0 Å². The second-order valence-corrected chi connectivity index (χ2v) is 6.29. The van der Waals surface area contributed by atoms with Crippen LogP contribution in [0.4, 0.5) is 0 Å². The van der Waals surface area contributed by atoms with Gasteiger partial charge in [0, 0.05) is 24.8 Å². The van der Waals surface area contributed by atoms with Gasteiger partial charge in [-0.25, -0.2) is 4.68 Å². The zero-order valence-electron chi connectivity index (χ0n) is 16.5. The average molecular weight is 384 g/mol. The van der Waals surface area contributed by atoms with Crippen molar-refractivity contribution < 1.29 is 19.1 Å². The highest BCUT2D eigenvalue weighted by molar-refractivity contribution is 5.94. The van der Waals surface area contributed by atoms with E-state index < -0.39 is 6.04 Å². The first-order valence-electron chi connectivity index (χ1n) is 8.83. The molecule has 1 N–H and O–H groups in total. The van der Waals surface area contributed by atoms with Crippen molar-refractivity contribution in [3.8, 4) is 11.8 Å². The van der Waals surface area contributed by atoms with Crippen LogP contribution >= 0.6 is 0 Å². The van der Waals surface area contributed by atoms with Crippen LogP contribution in [0.25, 0.3) is 5.69 Å². The van der Waals surface area contributed by atoms with Crippen molar-refractivity contribution in [3.05, 3.63) is 46.8 Å². The summed E-state index contributed by atoms with van der Waals surface area (Å²) in [4.78, 5) is 23.7. The lowest BCUT2D eigenvalue weighted by Gasteiger charge is -2.11. The van der Waals surface area contributed by atoms with Crippen LogP contribution < -0.4 is 5.32 Å². The highest BCUT2D eigenvalue weighted by Crippen LogP contribution is 2.20. The van der Waals surface area contributed by atoms with E-state index >= 15 is 0 Å². The molecular weight excluding hydrogens is 360 g/mol. The van der Waals surface area contributed by atoms with Crippen molar-refractivity contribution in [2.24, 2.45) is 0 Å². The van der Waals surface area contributed by atoms with Crippen LogP contribution in [0.15, 0.2) is 24.3 Å². The van der Waals surface area contributed by atoms with E-state index in [9.17, 15) is 9.59 Å². The first-order valence-corrected chi connectivity index (χ1v) is 8.83. The summed E-state index contributed by atoms with van der Waals surface area (Å²) in [5.74, 6) is -0.603. The maximum atomic E-state index is 12.3. The Bertz CT molecular complexity index is 881. The van der Waals surface area contributed by atoms with E-state index in [0.29, 0.717) is 18.4 Å². The molecule has 0 radical (unpaired) electrons. The van der Waals surface area contributed by atoms with Crippen molar-refractivity contribution in [2.45, 2.75) is 32.7 Å². The molecule has 1 aromatic heterocycles. The number of benzene rings is 1. The third-order valence-corrected chi connectivity index (χ3v) is 4.42. The first-order chi connectivity index (χ1) is 13.4. The van der Waals surface area contributed by atoms with Crippen molar-refractivity contribution >= 4 is 11.9 Å². The van der Waals surface area contributed by atoms with Gasteiger partial charge in [-0.3, -0.25) is 9.59 Å². The topological polar surface area (TPSA) is 106 Å². The minimum Gasteiger partial charge on any atom is -0.469 e. The number of aromatic nitrogens is 2. The number of methoxy groups -OCH3 is 2. The number of aryl methyl sites for hydroxylation is 1. The van der Waals surface area contributed by atoms with E-state index in [1.807, 2.05) is 19.9 Å². The molecule has 0 aliphatic rings. The summed E-state index contributed by atoms with van der Waals surface area (Å²) >= 11 is 0. The van der Waals surface area contributed by atoms with Crippen molar-refractivity contribution in [3.63, 3.8) is 0 Å². The van der Waals surface area contributed by atoms with Crippen molar-refractivity contribution in [1.82, 2.24) is 15.1 Å². The Morgan fingerprint density at radius 1 is 1.25 bits per heavy atom. The number of nitrogens with one attached hydrogen (secondary N) is 1. The lowest BCUT2D eigenvalue weighted by molar-refractivity contribution is -0.140. The summed E-state index contributed by atoms with van der Waals surface area (Å²) in [6.07, 6.45) is 0.852. The Balaban J connectivity index is 2.16. The quantitative estimate of drug-likeness (QED) is 0.697. The predicted octanol–water partition coefficient (Wildman–Crippen LogP) is 1.86. The largest absolute Gasteiger partial charge is 0.469 e. The standard InChI is InChI=1S/C20H24N4O4/c1-13-18(9-10-19(25)28-4)14(2)24(23-13)17-7-5-15(6-8-17)20(26)22-16(11-21)12-27-3/h5-8,16H,9-10,12H2,1-4H3,(H,22,26). The molecule has 148 valence electrons. The summed E-state index contributed by atoms with van der Waals surface area (Å²) < 4.78 is 11.4. The molecule has 0 bridgehead atoms. The van der Waals surface area contributed by atoms with Gasteiger partial charge in [0.1, 0.15) is 6.04 Å². The summed E-state index contributed by atoms with van der Waals surface area (Å²) in [5.41, 5.74) is 4.02. The second kappa shape index (κ2) is 9.67. The minimum absolute atomic E-state index is 0.125. The van der Waals surface area contributed by atoms with Crippen LogP contribution in [0.3, 0.4) is 0 Å². The molecule has 2 aromatic rings. The van der Waals surface area contributed by atoms with Crippen molar-refractivity contribution in [2.75, 3.05) is 20.8 Å². The maximum absolute atomic E-state index is 12.3. The number of nitriles is 1. The fourth-order valence-electron chi connectivity index (χ4n) is 2.89. The lowest BCUT2D eigenvalue weighted by Crippen LogP contribution is -2.36. The highest BCUT2D eigenvalue weighted by Gasteiger charge is 2.16. The van der Waals surface area contributed by atoms with Gasteiger partial charge in [0.05, 0.1) is 31.2 Å². The van der Waals surface area contributed by atoms with Gasteiger partial charge in [-0.1, -0.05) is 0 Å². The van der Waals surface area contributed by atoms with Crippen LogP contribution in [-0.4, -0.2) is 48.5 Å². The molecule has 0 spiro atoms. The molecule has 1 aromatic carbocycles. The second-order valence-electron chi connectivity index (χ2n) is 6.29. The SMILES string of the molecule is COCC(C#N)NC(=O)c1ccc(-n2nc(C)c(CCC(=O)OC)c2C)cc1. The van der Waals surface area contributed by atoms with Crippen LogP contribution in [0.2, 0.25) is 0 Å². The first kappa shape index (κ1) is 21.1. The molecule has 1 atom stereocenters. The van der Waals surface area contributed by atoms with Gasteiger partial charge in [-0.05, 0) is 50.1 Å². The third kappa shape index (κ3) is 4.96. The maximum Gasteiger partial charge on any atom is 0.305 e. The average Bonchev–Trinajstić information content (AvgIpc) is 2.99. The number of carbonyl (C=O) groups excluding carboxylic acids is 2. The number of rotatable bonds is 8. The zero-order chi connectivity index (χ0) is 20.7. The molecule has 0 saturated carbocycles. The van der Waals surface area contributed by atoms with Gasteiger partial charge in [0.2, 0.25) is 0 Å². The van der Waals surface area contributed by atoms with Crippen molar-refractivity contribution in [1.29, 1.82) is 5.26 Å². The molecule has 1 unspecified atom stereocenters. The number of hydrogen-bond acceptors (Lipinski definition) is 6. The summed E-state index contributed by atoms with van der Waals surface area (Å²) in [7, 11) is 2.84. The monoisotopic (exact) mass is 384 g/mol. The van der Waals surface area contributed by atoms with E-state index in [1.165, 1.54) is 14.2 Å². The van der Waals surface area contributed by atoms with Crippen LogP contribution in [0.1, 0.15) is 33.7 Å². The minimum atomic E-state index is -0.703. The summed E-state index contributed by atoms with van der Waals surface area (Å²) in [6, 6.07) is 8.20. The number of esters is 1. The molecule has 0 saturated heterocycles. The Morgan fingerprint density at radius 3 is 2.50 bits per heavy atom. The Hall–Kier alpha value is -3.18. The van der Waals surface area contributed by atoms with E-state index in [1.54, 1.807) is 28.9 Å². The molecule has 1 amide bonds. The zero-order valence-corrected chi connectivity index (χ0v) is 16.5. The molecule has 8 heteroatoms. The number of amides is 1. The molecular formula is C20H24N4O4. The highest BCUT2D eigenvalue weighted by atomic mass is 16.5. The molecule has 1 heterocycles. The van der Waals surface area contributed by atoms with Gasteiger partial charge in [0.25, 0.3) is 5.91 Å². The van der Waals surface area contributed by atoms with E-state index in [2.05, 4.69) is 10.4 Å².